The number of hydrogen-bond donors (Lipinski definition) is 1. The lowest BCUT2D eigenvalue weighted by molar-refractivity contribution is -0.122. The van der Waals surface area contributed by atoms with Gasteiger partial charge in [0, 0.05) is 19.0 Å². The summed E-state index contributed by atoms with van der Waals surface area (Å²) in [7, 11) is 4.34. The first-order chi connectivity index (χ1) is 13.4. The lowest BCUT2D eigenvalue weighted by Crippen LogP contribution is -2.51. The molecule has 0 spiro atoms. The molecule has 0 aliphatic carbocycles. The van der Waals surface area contributed by atoms with E-state index in [-0.39, 0.29) is 24.5 Å². The molecule has 2 amide bonds. The SMILES string of the molecule is COc1cc2c(cc1OC)CN(C(=O)c1cc(=O)c(OC)co1)C(C(N)=O)C2. The van der Waals surface area contributed by atoms with Crippen molar-refractivity contribution in [1.82, 2.24) is 4.90 Å². The summed E-state index contributed by atoms with van der Waals surface area (Å²) in [5.41, 5.74) is 6.63. The number of amides is 2. The highest BCUT2D eigenvalue weighted by molar-refractivity contribution is 5.95. The van der Waals surface area contributed by atoms with Gasteiger partial charge in [0.25, 0.3) is 5.91 Å². The highest BCUT2D eigenvalue weighted by Gasteiger charge is 2.35. The van der Waals surface area contributed by atoms with Crippen molar-refractivity contribution in [2.45, 2.75) is 19.0 Å². The number of benzene rings is 1. The topological polar surface area (TPSA) is 121 Å². The fourth-order valence-electron chi connectivity index (χ4n) is 3.18. The number of ether oxygens (including phenoxy) is 3. The van der Waals surface area contributed by atoms with Crippen LogP contribution in [0.4, 0.5) is 0 Å². The van der Waals surface area contributed by atoms with E-state index < -0.39 is 23.3 Å². The van der Waals surface area contributed by atoms with Gasteiger partial charge >= 0.3 is 0 Å². The molecule has 9 heteroatoms. The third kappa shape index (κ3) is 3.38. The molecule has 0 saturated carbocycles. The van der Waals surface area contributed by atoms with E-state index in [0.29, 0.717) is 11.5 Å². The number of fused-ring (bicyclic) bond motifs is 1. The monoisotopic (exact) mass is 388 g/mol. The van der Waals surface area contributed by atoms with Gasteiger partial charge in [-0.1, -0.05) is 0 Å². The van der Waals surface area contributed by atoms with Crippen LogP contribution in [0.1, 0.15) is 21.7 Å². The van der Waals surface area contributed by atoms with Crippen LogP contribution in [0, 0.1) is 0 Å². The molecule has 28 heavy (non-hydrogen) atoms. The summed E-state index contributed by atoms with van der Waals surface area (Å²) in [6.07, 6.45) is 1.26. The molecule has 1 aliphatic heterocycles. The van der Waals surface area contributed by atoms with Crippen molar-refractivity contribution in [1.29, 1.82) is 0 Å². The second-order valence-electron chi connectivity index (χ2n) is 6.21. The predicted molar refractivity (Wildman–Crippen MR) is 97.6 cm³/mol. The molecule has 0 radical (unpaired) electrons. The minimum Gasteiger partial charge on any atom is -0.493 e. The quantitative estimate of drug-likeness (QED) is 0.801. The summed E-state index contributed by atoms with van der Waals surface area (Å²) >= 11 is 0. The molecule has 0 saturated heterocycles. The summed E-state index contributed by atoms with van der Waals surface area (Å²) in [6.45, 7) is 0.0951. The van der Waals surface area contributed by atoms with Gasteiger partial charge in [0.15, 0.2) is 17.3 Å². The van der Waals surface area contributed by atoms with Crippen molar-refractivity contribution in [3.63, 3.8) is 0 Å². The molecule has 0 fully saturated rings. The van der Waals surface area contributed by atoms with Crippen molar-refractivity contribution < 1.29 is 28.2 Å². The molecule has 1 aromatic heterocycles. The number of primary amides is 1. The van der Waals surface area contributed by atoms with Gasteiger partial charge in [-0.25, -0.2) is 0 Å². The average Bonchev–Trinajstić information content (AvgIpc) is 2.70. The number of carbonyl (C=O) groups is 2. The summed E-state index contributed by atoms with van der Waals surface area (Å²) in [5.74, 6) is -0.494. The van der Waals surface area contributed by atoms with E-state index in [2.05, 4.69) is 0 Å². The number of carbonyl (C=O) groups excluding carboxylic acids is 2. The Balaban J connectivity index is 2.00. The molecule has 9 nitrogen and oxygen atoms in total. The van der Waals surface area contributed by atoms with Gasteiger partial charge in [-0.05, 0) is 23.3 Å². The van der Waals surface area contributed by atoms with E-state index in [0.717, 1.165) is 23.5 Å². The molecular formula is C19H20N2O7. The fourth-order valence-corrected chi connectivity index (χ4v) is 3.18. The molecule has 2 heterocycles. The minimum atomic E-state index is -0.898. The molecule has 2 aromatic rings. The maximum Gasteiger partial charge on any atom is 0.290 e. The smallest absolute Gasteiger partial charge is 0.290 e. The number of nitrogens with zero attached hydrogens (tertiary/aromatic N) is 1. The zero-order valence-corrected chi connectivity index (χ0v) is 15.7. The average molecular weight is 388 g/mol. The van der Waals surface area contributed by atoms with Crippen LogP contribution in [-0.2, 0) is 17.8 Å². The van der Waals surface area contributed by atoms with Gasteiger partial charge < -0.3 is 29.3 Å². The van der Waals surface area contributed by atoms with E-state index in [4.69, 9.17) is 24.4 Å². The Morgan fingerprint density at radius 2 is 1.64 bits per heavy atom. The normalized spacial score (nSPS) is 15.5. The van der Waals surface area contributed by atoms with E-state index >= 15 is 0 Å². The second kappa shape index (κ2) is 7.63. The lowest BCUT2D eigenvalue weighted by atomic mass is 9.92. The van der Waals surface area contributed by atoms with Crippen LogP contribution < -0.4 is 25.4 Å². The van der Waals surface area contributed by atoms with Crippen LogP contribution in [0.3, 0.4) is 0 Å². The third-order valence-corrected chi connectivity index (χ3v) is 4.65. The molecule has 1 aliphatic rings. The van der Waals surface area contributed by atoms with Crippen LogP contribution in [0.25, 0.3) is 0 Å². The Morgan fingerprint density at radius 1 is 1.04 bits per heavy atom. The van der Waals surface area contributed by atoms with Crippen LogP contribution in [0.15, 0.2) is 33.7 Å². The van der Waals surface area contributed by atoms with E-state index in [9.17, 15) is 14.4 Å². The van der Waals surface area contributed by atoms with Crippen molar-refractivity contribution in [2.75, 3.05) is 21.3 Å². The molecular weight excluding hydrogens is 368 g/mol. The standard InChI is InChI=1S/C19H20N2O7/c1-25-14-5-10-4-12(18(20)23)21(8-11(10)6-15(14)26-2)19(24)16-7-13(22)17(27-3)9-28-16/h5-7,9,12H,4,8H2,1-3H3,(H2,20,23). The summed E-state index contributed by atoms with van der Waals surface area (Å²) in [5, 5.41) is 0. The van der Waals surface area contributed by atoms with Gasteiger partial charge in [-0.15, -0.1) is 0 Å². The fraction of sp³-hybridized carbons (Fsp3) is 0.316. The minimum absolute atomic E-state index is 0.0242. The van der Waals surface area contributed by atoms with Crippen LogP contribution in [0.5, 0.6) is 17.2 Å². The van der Waals surface area contributed by atoms with E-state index in [1.165, 1.54) is 26.2 Å². The molecule has 0 bridgehead atoms. The van der Waals surface area contributed by atoms with Crippen molar-refractivity contribution >= 4 is 11.8 Å². The van der Waals surface area contributed by atoms with Gasteiger partial charge in [0.1, 0.15) is 12.3 Å². The maximum atomic E-state index is 12.9. The number of rotatable bonds is 5. The molecule has 1 unspecified atom stereocenters. The molecule has 3 rings (SSSR count). The largest absolute Gasteiger partial charge is 0.493 e. The number of methoxy groups -OCH3 is 3. The van der Waals surface area contributed by atoms with E-state index in [1.54, 1.807) is 12.1 Å². The summed E-state index contributed by atoms with van der Waals surface area (Å²) < 4.78 is 20.7. The Morgan fingerprint density at radius 3 is 2.18 bits per heavy atom. The first-order valence-corrected chi connectivity index (χ1v) is 8.40. The second-order valence-corrected chi connectivity index (χ2v) is 6.21. The Kier molecular flexibility index (Phi) is 5.25. The Bertz CT molecular complexity index is 983. The van der Waals surface area contributed by atoms with Crippen LogP contribution >= 0.6 is 0 Å². The van der Waals surface area contributed by atoms with Gasteiger partial charge in [-0.3, -0.25) is 14.4 Å². The van der Waals surface area contributed by atoms with E-state index in [1.807, 2.05) is 0 Å². The number of hydrogen-bond acceptors (Lipinski definition) is 7. The summed E-state index contributed by atoms with van der Waals surface area (Å²) in [4.78, 5) is 38.2. The van der Waals surface area contributed by atoms with Crippen molar-refractivity contribution in [3.8, 4) is 17.2 Å². The molecule has 148 valence electrons. The lowest BCUT2D eigenvalue weighted by Gasteiger charge is -2.35. The molecule has 2 N–H and O–H groups in total. The van der Waals surface area contributed by atoms with Crippen LogP contribution in [0.2, 0.25) is 0 Å². The Hall–Kier alpha value is -3.49. The first kappa shape index (κ1) is 19.3. The molecule has 1 aromatic carbocycles. The van der Waals surface area contributed by atoms with Gasteiger partial charge in [0.05, 0.1) is 21.3 Å². The van der Waals surface area contributed by atoms with Crippen molar-refractivity contribution in [2.24, 2.45) is 5.73 Å². The van der Waals surface area contributed by atoms with Gasteiger partial charge in [-0.2, -0.15) is 0 Å². The Labute approximate surface area is 160 Å². The summed E-state index contributed by atoms with van der Waals surface area (Å²) in [6, 6.07) is 3.64. The third-order valence-electron chi connectivity index (χ3n) is 4.65. The predicted octanol–water partition coefficient (Wildman–Crippen LogP) is 0.718. The first-order valence-electron chi connectivity index (χ1n) is 8.40. The highest BCUT2D eigenvalue weighted by Crippen LogP contribution is 2.35. The highest BCUT2D eigenvalue weighted by atomic mass is 16.5. The van der Waals surface area contributed by atoms with Crippen molar-refractivity contribution in [3.05, 3.63) is 51.6 Å². The van der Waals surface area contributed by atoms with Crippen LogP contribution in [-0.4, -0.2) is 44.1 Å². The number of nitrogens with two attached hydrogens (primary N) is 1. The zero-order valence-electron chi connectivity index (χ0n) is 15.7. The maximum absolute atomic E-state index is 12.9. The molecule has 1 atom stereocenters. The van der Waals surface area contributed by atoms with Gasteiger partial charge in [0.2, 0.25) is 17.1 Å². The zero-order chi connectivity index (χ0) is 20.4.